The highest BCUT2D eigenvalue weighted by Crippen LogP contribution is 2.31. The minimum absolute atomic E-state index is 0.0515. The molecule has 1 aliphatic heterocycles. The number of ether oxygens (including phenoxy) is 1. The maximum atomic E-state index is 12.4. The van der Waals surface area contributed by atoms with Gasteiger partial charge in [0.05, 0.1) is 5.60 Å². The quantitative estimate of drug-likeness (QED) is 0.867. The third-order valence-electron chi connectivity index (χ3n) is 4.88. The van der Waals surface area contributed by atoms with Crippen molar-refractivity contribution < 1.29 is 14.6 Å². The molecule has 1 heterocycles. The summed E-state index contributed by atoms with van der Waals surface area (Å²) >= 11 is 6.13. The number of piperidine rings is 1. The number of carbonyl (C=O) groups excluding carboxylic acids is 1. The molecule has 1 fully saturated rings. The molecule has 1 aliphatic rings. The van der Waals surface area contributed by atoms with Gasteiger partial charge in [-0.05, 0) is 30.9 Å². The molecule has 0 aliphatic carbocycles. The summed E-state index contributed by atoms with van der Waals surface area (Å²) < 4.78 is 5.08. The molecule has 0 unspecified atom stereocenters. The number of hydrogen-bond donors (Lipinski definition) is 1. The molecule has 0 radical (unpaired) electrons. The van der Waals surface area contributed by atoms with Gasteiger partial charge in [-0.15, -0.1) is 0 Å². The van der Waals surface area contributed by atoms with Gasteiger partial charge in [0.25, 0.3) is 0 Å². The lowest BCUT2D eigenvalue weighted by molar-refractivity contribution is -0.140. The number of methoxy groups -OCH3 is 1. The van der Waals surface area contributed by atoms with Gasteiger partial charge < -0.3 is 14.7 Å². The Morgan fingerprint density at radius 2 is 2.22 bits per heavy atom. The number of hydrogen-bond acceptors (Lipinski definition) is 3. The van der Waals surface area contributed by atoms with Gasteiger partial charge in [0, 0.05) is 44.2 Å². The first kappa shape index (κ1) is 18.2. The number of aliphatic hydroxyl groups is 1. The van der Waals surface area contributed by atoms with Crippen molar-refractivity contribution in [1.82, 2.24) is 4.90 Å². The second-order valence-corrected chi connectivity index (χ2v) is 6.84. The zero-order chi connectivity index (χ0) is 16.9. The van der Waals surface area contributed by atoms with E-state index < -0.39 is 5.60 Å². The lowest BCUT2D eigenvalue weighted by Gasteiger charge is -2.43. The Hall–Kier alpha value is -1.10. The largest absolute Gasteiger partial charge is 0.389 e. The van der Waals surface area contributed by atoms with Gasteiger partial charge in [-0.1, -0.05) is 36.7 Å². The van der Waals surface area contributed by atoms with E-state index >= 15 is 0 Å². The summed E-state index contributed by atoms with van der Waals surface area (Å²) in [6, 6.07) is 7.63. The summed E-state index contributed by atoms with van der Waals surface area (Å²) in [7, 11) is 1.64. The zero-order valence-electron chi connectivity index (χ0n) is 13.9. The maximum absolute atomic E-state index is 12.4. The van der Waals surface area contributed by atoms with E-state index in [9.17, 15) is 9.90 Å². The minimum atomic E-state index is -0.727. The van der Waals surface area contributed by atoms with Gasteiger partial charge in [0.15, 0.2) is 0 Å². The maximum Gasteiger partial charge on any atom is 0.222 e. The molecule has 1 aromatic rings. The molecular weight excluding hydrogens is 314 g/mol. The van der Waals surface area contributed by atoms with Crippen molar-refractivity contribution in [1.29, 1.82) is 0 Å². The van der Waals surface area contributed by atoms with Gasteiger partial charge in [0.1, 0.15) is 0 Å². The fraction of sp³-hybridized carbons (Fsp3) is 0.611. The molecular formula is C18H26ClNO3. The zero-order valence-corrected chi connectivity index (χ0v) is 14.7. The van der Waals surface area contributed by atoms with Crippen LogP contribution in [-0.2, 0) is 16.0 Å². The predicted molar refractivity (Wildman–Crippen MR) is 91.6 cm³/mol. The van der Waals surface area contributed by atoms with Crippen LogP contribution in [0.3, 0.4) is 0 Å². The number of rotatable bonds is 6. The van der Waals surface area contributed by atoms with Gasteiger partial charge in [0.2, 0.25) is 5.91 Å². The summed E-state index contributed by atoms with van der Waals surface area (Å²) in [6.07, 6.45) is 2.33. The van der Waals surface area contributed by atoms with E-state index in [1.807, 2.05) is 36.1 Å². The molecule has 1 aromatic carbocycles. The molecule has 5 heteroatoms. The lowest BCUT2D eigenvalue weighted by atomic mass is 9.80. The van der Waals surface area contributed by atoms with Crippen molar-refractivity contribution in [2.45, 2.75) is 38.2 Å². The van der Waals surface area contributed by atoms with Gasteiger partial charge in [-0.25, -0.2) is 0 Å². The van der Waals surface area contributed by atoms with Crippen molar-refractivity contribution in [3.8, 4) is 0 Å². The summed E-state index contributed by atoms with van der Waals surface area (Å²) in [6.45, 7) is 3.75. The lowest BCUT2D eigenvalue weighted by Crippen LogP contribution is -2.52. The highest BCUT2D eigenvalue weighted by Gasteiger charge is 2.39. The van der Waals surface area contributed by atoms with Crippen LogP contribution < -0.4 is 0 Å². The molecule has 23 heavy (non-hydrogen) atoms. The smallest absolute Gasteiger partial charge is 0.222 e. The second kappa shape index (κ2) is 8.13. The van der Waals surface area contributed by atoms with Crippen molar-refractivity contribution in [2.24, 2.45) is 5.92 Å². The number of carbonyl (C=O) groups is 1. The summed E-state index contributed by atoms with van der Waals surface area (Å²) in [5, 5.41) is 11.4. The van der Waals surface area contributed by atoms with E-state index in [4.69, 9.17) is 16.3 Å². The number of benzene rings is 1. The monoisotopic (exact) mass is 339 g/mol. The van der Waals surface area contributed by atoms with Crippen LogP contribution in [0.1, 0.15) is 31.7 Å². The average Bonchev–Trinajstić information content (AvgIpc) is 2.54. The molecule has 2 rings (SSSR count). The van der Waals surface area contributed by atoms with E-state index in [0.717, 1.165) is 5.56 Å². The van der Waals surface area contributed by atoms with Crippen LogP contribution in [-0.4, -0.2) is 48.3 Å². The Kier molecular flexibility index (Phi) is 6.45. The number of likely N-dealkylation sites (tertiary alicyclic amines) is 1. The van der Waals surface area contributed by atoms with Crippen LogP contribution in [0.4, 0.5) is 0 Å². The Bertz CT molecular complexity index is 537. The molecule has 1 N–H and O–H groups in total. The summed E-state index contributed by atoms with van der Waals surface area (Å²) in [5.41, 5.74) is 0.277. The Morgan fingerprint density at radius 3 is 2.87 bits per heavy atom. The van der Waals surface area contributed by atoms with E-state index in [-0.39, 0.29) is 11.8 Å². The number of nitrogens with zero attached hydrogens (tertiary/aromatic N) is 1. The van der Waals surface area contributed by atoms with Crippen LogP contribution >= 0.6 is 11.6 Å². The Labute approximate surface area is 143 Å². The van der Waals surface area contributed by atoms with Crippen LogP contribution in [0.15, 0.2) is 24.3 Å². The molecule has 0 bridgehead atoms. The van der Waals surface area contributed by atoms with Crippen molar-refractivity contribution in [2.75, 3.05) is 26.8 Å². The third kappa shape index (κ3) is 4.69. The topological polar surface area (TPSA) is 49.8 Å². The van der Waals surface area contributed by atoms with Crippen LogP contribution in [0.2, 0.25) is 5.02 Å². The molecule has 2 atom stereocenters. The van der Waals surface area contributed by atoms with Crippen molar-refractivity contribution >= 4 is 17.5 Å². The van der Waals surface area contributed by atoms with E-state index in [1.165, 1.54) is 0 Å². The number of amides is 1. The first-order chi connectivity index (χ1) is 11.0. The molecule has 0 saturated carbocycles. The fourth-order valence-electron chi connectivity index (χ4n) is 3.14. The first-order valence-corrected chi connectivity index (χ1v) is 8.56. The second-order valence-electron chi connectivity index (χ2n) is 6.43. The Morgan fingerprint density at radius 1 is 1.48 bits per heavy atom. The van der Waals surface area contributed by atoms with Crippen molar-refractivity contribution in [3.63, 3.8) is 0 Å². The standard InChI is InChI=1S/C18H26ClNO3/c1-14-13-20(11-9-18(14,22)10-12-23-2)17(21)8-7-15-5-3-4-6-16(15)19/h3-6,14,22H,7-13H2,1-2H3/t14-,18-/m1/s1. The third-order valence-corrected chi connectivity index (χ3v) is 5.25. The predicted octanol–water partition coefficient (Wildman–Crippen LogP) is 2.91. The van der Waals surface area contributed by atoms with E-state index in [0.29, 0.717) is 50.4 Å². The SMILES string of the molecule is COCC[C@]1(O)CCN(C(=O)CCc2ccccc2Cl)C[C@H]1C. The molecule has 0 aromatic heterocycles. The molecule has 128 valence electrons. The highest BCUT2D eigenvalue weighted by atomic mass is 35.5. The summed E-state index contributed by atoms with van der Waals surface area (Å²) in [5.74, 6) is 0.182. The number of aryl methyl sites for hydroxylation is 1. The van der Waals surface area contributed by atoms with E-state index in [1.54, 1.807) is 7.11 Å². The molecule has 4 nitrogen and oxygen atoms in total. The highest BCUT2D eigenvalue weighted by molar-refractivity contribution is 6.31. The van der Waals surface area contributed by atoms with Gasteiger partial charge in [-0.3, -0.25) is 4.79 Å². The number of halogens is 1. The van der Waals surface area contributed by atoms with Crippen LogP contribution in [0.5, 0.6) is 0 Å². The molecule has 0 spiro atoms. The molecule has 1 saturated heterocycles. The fourth-order valence-corrected chi connectivity index (χ4v) is 3.37. The average molecular weight is 340 g/mol. The first-order valence-electron chi connectivity index (χ1n) is 8.19. The van der Waals surface area contributed by atoms with Crippen molar-refractivity contribution in [3.05, 3.63) is 34.9 Å². The van der Waals surface area contributed by atoms with Crippen LogP contribution in [0.25, 0.3) is 0 Å². The van der Waals surface area contributed by atoms with E-state index in [2.05, 4.69) is 0 Å². The molecule has 1 amide bonds. The Balaban J connectivity index is 1.86. The van der Waals surface area contributed by atoms with Gasteiger partial charge >= 0.3 is 0 Å². The van der Waals surface area contributed by atoms with Crippen LogP contribution in [0, 0.1) is 5.92 Å². The van der Waals surface area contributed by atoms with Gasteiger partial charge in [-0.2, -0.15) is 0 Å². The normalized spacial score (nSPS) is 24.7. The minimum Gasteiger partial charge on any atom is -0.389 e. The summed E-state index contributed by atoms with van der Waals surface area (Å²) in [4.78, 5) is 14.3.